The number of fused-ring (bicyclic) bond motifs is 1. The van der Waals surface area contributed by atoms with Gasteiger partial charge < -0.3 is 10.5 Å². The van der Waals surface area contributed by atoms with Gasteiger partial charge in [0.2, 0.25) is 0 Å². The molecule has 1 heterocycles. The van der Waals surface area contributed by atoms with Gasteiger partial charge >= 0.3 is 0 Å². The van der Waals surface area contributed by atoms with Crippen molar-refractivity contribution >= 4 is 31.9 Å². The van der Waals surface area contributed by atoms with Crippen LogP contribution in [0.15, 0.2) is 45.3 Å². The van der Waals surface area contributed by atoms with Gasteiger partial charge in [-0.15, -0.1) is 0 Å². The van der Waals surface area contributed by atoms with Gasteiger partial charge in [0.05, 0.1) is 0 Å². The Kier molecular flexibility index (Phi) is 3.84. The molecule has 0 bridgehead atoms. The van der Waals surface area contributed by atoms with Gasteiger partial charge in [0.15, 0.2) is 0 Å². The van der Waals surface area contributed by atoms with Crippen LogP contribution in [0.1, 0.15) is 29.7 Å². The van der Waals surface area contributed by atoms with Gasteiger partial charge in [-0.2, -0.15) is 0 Å². The maximum Gasteiger partial charge on any atom is 0.130 e. The van der Waals surface area contributed by atoms with Gasteiger partial charge in [0.1, 0.15) is 17.7 Å². The van der Waals surface area contributed by atoms with E-state index in [0.29, 0.717) is 17.7 Å². The van der Waals surface area contributed by atoms with E-state index in [1.54, 1.807) is 12.1 Å². The van der Waals surface area contributed by atoms with Crippen LogP contribution in [0.5, 0.6) is 5.75 Å². The third-order valence-corrected chi connectivity index (χ3v) is 4.40. The molecule has 2 nitrogen and oxygen atoms in total. The second kappa shape index (κ2) is 5.47. The van der Waals surface area contributed by atoms with Gasteiger partial charge in [-0.25, -0.2) is 4.39 Å². The smallest absolute Gasteiger partial charge is 0.130 e. The van der Waals surface area contributed by atoms with Crippen LogP contribution in [0.25, 0.3) is 0 Å². The second-order valence-electron chi connectivity index (χ2n) is 4.80. The van der Waals surface area contributed by atoms with Gasteiger partial charge in [0, 0.05) is 32.5 Å². The molecule has 3 rings (SSSR count). The van der Waals surface area contributed by atoms with Crippen molar-refractivity contribution in [2.45, 2.75) is 18.6 Å². The minimum absolute atomic E-state index is 0.157. The SMILES string of the molecule is NC1CC(c2cc(Br)ccc2F)Oc2cc(Br)ccc21. The predicted octanol–water partition coefficient (Wildman–Crippen LogP) is 4.87. The largest absolute Gasteiger partial charge is 0.485 e. The zero-order valence-electron chi connectivity index (χ0n) is 10.4. The summed E-state index contributed by atoms with van der Waals surface area (Å²) in [6.45, 7) is 0. The molecule has 0 radical (unpaired) electrons. The Balaban J connectivity index is 2.00. The van der Waals surface area contributed by atoms with Crippen molar-refractivity contribution in [1.29, 1.82) is 0 Å². The lowest BCUT2D eigenvalue weighted by molar-refractivity contribution is 0.157. The zero-order valence-corrected chi connectivity index (χ0v) is 13.6. The summed E-state index contributed by atoms with van der Waals surface area (Å²) in [5.74, 6) is 0.436. The van der Waals surface area contributed by atoms with E-state index in [0.717, 1.165) is 14.5 Å². The first kappa shape index (κ1) is 14.0. The maximum atomic E-state index is 14.0. The average Bonchev–Trinajstić information content (AvgIpc) is 2.41. The van der Waals surface area contributed by atoms with Crippen LogP contribution in [0.4, 0.5) is 4.39 Å². The zero-order chi connectivity index (χ0) is 14.3. The summed E-state index contributed by atoms with van der Waals surface area (Å²) in [4.78, 5) is 0. The molecular weight excluding hydrogens is 389 g/mol. The minimum Gasteiger partial charge on any atom is -0.485 e. The highest BCUT2D eigenvalue weighted by Crippen LogP contribution is 2.41. The number of ether oxygens (including phenoxy) is 1. The Morgan fingerprint density at radius 2 is 1.75 bits per heavy atom. The van der Waals surface area contributed by atoms with Gasteiger partial charge in [0.25, 0.3) is 0 Å². The monoisotopic (exact) mass is 399 g/mol. The van der Waals surface area contributed by atoms with Crippen LogP contribution in [-0.4, -0.2) is 0 Å². The van der Waals surface area contributed by atoms with Crippen LogP contribution in [0.3, 0.4) is 0 Å². The highest BCUT2D eigenvalue weighted by atomic mass is 79.9. The number of nitrogens with two attached hydrogens (primary N) is 1. The number of hydrogen-bond donors (Lipinski definition) is 1. The minimum atomic E-state index is -0.371. The Bertz CT molecular complexity index is 662. The molecule has 104 valence electrons. The highest BCUT2D eigenvalue weighted by molar-refractivity contribution is 9.10. The first-order valence-electron chi connectivity index (χ1n) is 6.21. The molecule has 1 aliphatic heterocycles. The summed E-state index contributed by atoms with van der Waals surface area (Å²) in [6, 6.07) is 10.4. The van der Waals surface area contributed by atoms with Crippen LogP contribution >= 0.6 is 31.9 Å². The molecule has 2 N–H and O–H groups in total. The topological polar surface area (TPSA) is 35.2 Å². The highest BCUT2D eigenvalue weighted by Gasteiger charge is 2.29. The number of rotatable bonds is 1. The molecule has 0 saturated heterocycles. The van der Waals surface area contributed by atoms with Gasteiger partial charge in [-0.3, -0.25) is 0 Å². The molecule has 1 aliphatic rings. The summed E-state index contributed by atoms with van der Waals surface area (Å²) in [5.41, 5.74) is 7.67. The number of hydrogen-bond acceptors (Lipinski definition) is 2. The molecule has 0 aromatic heterocycles. The van der Waals surface area contributed by atoms with Crippen LogP contribution < -0.4 is 10.5 Å². The van der Waals surface area contributed by atoms with Crippen molar-refractivity contribution in [3.63, 3.8) is 0 Å². The quantitative estimate of drug-likeness (QED) is 0.740. The maximum absolute atomic E-state index is 14.0. The first-order valence-corrected chi connectivity index (χ1v) is 7.80. The van der Waals surface area contributed by atoms with Crippen molar-refractivity contribution < 1.29 is 9.13 Å². The fourth-order valence-corrected chi connectivity index (χ4v) is 3.15. The van der Waals surface area contributed by atoms with E-state index < -0.39 is 0 Å². The fourth-order valence-electron chi connectivity index (χ4n) is 2.43. The summed E-state index contributed by atoms with van der Waals surface area (Å²) >= 11 is 6.77. The Hall–Kier alpha value is -0.910. The van der Waals surface area contributed by atoms with E-state index in [4.69, 9.17) is 10.5 Å². The van der Waals surface area contributed by atoms with E-state index in [1.165, 1.54) is 6.07 Å². The van der Waals surface area contributed by atoms with Crippen molar-refractivity contribution in [3.05, 3.63) is 62.3 Å². The molecule has 0 aliphatic carbocycles. The molecule has 5 heteroatoms. The lowest BCUT2D eigenvalue weighted by atomic mass is 9.93. The molecule has 2 unspecified atom stereocenters. The van der Waals surface area contributed by atoms with E-state index in [2.05, 4.69) is 31.9 Å². The van der Waals surface area contributed by atoms with E-state index in [1.807, 2.05) is 18.2 Å². The van der Waals surface area contributed by atoms with E-state index in [-0.39, 0.29) is 18.0 Å². The molecule has 2 atom stereocenters. The Morgan fingerprint density at radius 3 is 2.55 bits per heavy atom. The molecule has 2 aromatic rings. The van der Waals surface area contributed by atoms with Crippen LogP contribution in [0, 0.1) is 5.82 Å². The molecule has 2 aromatic carbocycles. The van der Waals surface area contributed by atoms with Gasteiger partial charge in [-0.1, -0.05) is 37.9 Å². The summed E-state index contributed by atoms with van der Waals surface area (Å²) in [5, 5.41) is 0. The van der Waals surface area contributed by atoms with Crippen LogP contribution in [-0.2, 0) is 0 Å². The van der Waals surface area contributed by atoms with Gasteiger partial charge in [-0.05, 0) is 30.3 Å². The average molecular weight is 401 g/mol. The lowest BCUT2D eigenvalue weighted by Crippen LogP contribution is -2.24. The third-order valence-electron chi connectivity index (χ3n) is 3.42. The molecule has 0 spiro atoms. The normalized spacial score (nSPS) is 21.2. The number of halogens is 3. The Morgan fingerprint density at radius 1 is 1.05 bits per heavy atom. The molecule has 0 fully saturated rings. The molecule has 20 heavy (non-hydrogen) atoms. The number of benzene rings is 2. The summed E-state index contributed by atoms with van der Waals surface area (Å²) in [6.07, 6.45) is 0.187. The summed E-state index contributed by atoms with van der Waals surface area (Å²) in [7, 11) is 0. The predicted molar refractivity (Wildman–Crippen MR) is 83.2 cm³/mol. The van der Waals surface area contributed by atoms with E-state index >= 15 is 0 Å². The standard InChI is InChI=1S/C15H12Br2FNO/c16-8-2-4-12(18)11(5-8)15-7-13(19)10-3-1-9(17)6-14(10)20-15/h1-6,13,15H,7,19H2. The third kappa shape index (κ3) is 2.62. The fraction of sp³-hybridized carbons (Fsp3) is 0.200. The lowest BCUT2D eigenvalue weighted by Gasteiger charge is -2.31. The van der Waals surface area contributed by atoms with Crippen molar-refractivity contribution in [3.8, 4) is 5.75 Å². The second-order valence-corrected chi connectivity index (χ2v) is 6.63. The van der Waals surface area contributed by atoms with E-state index in [9.17, 15) is 4.39 Å². The van der Waals surface area contributed by atoms with Crippen molar-refractivity contribution in [1.82, 2.24) is 0 Å². The molecule has 0 saturated carbocycles. The first-order chi connectivity index (χ1) is 9.54. The van der Waals surface area contributed by atoms with Crippen molar-refractivity contribution in [2.24, 2.45) is 5.73 Å². The van der Waals surface area contributed by atoms with Crippen LogP contribution in [0.2, 0.25) is 0 Å². The Labute approximate surface area is 133 Å². The van der Waals surface area contributed by atoms with Crippen molar-refractivity contribution in [2.75, 3.05) is 0 Å². The summed E-state index contributed by atoms with van der Waals surface area (Å²) < 4.78 is 21.7. The molecule has 0 amide bonds. The molecular formula is C15H12Br2FNO.